The molecule has 0 spiro atoms. The molecule has 4 aromatic carbocycles. The van der Waals surface area contributed by atoms with Crippen LogP contribution in [0.1, 0.15) is 118 Å². The zero-order valence-electron chi connectivity index (χ0n) is 45.4. The number of rotatable bonds is 14. The lowest BCUT2D eigenvalue weighted by molar-refractivity contribution is -0.354. The average molecular weight is 1130 g/mol. The van der Waals surface area contributed by atoms with Gasteiger partial charge in [-0.1, -0.05) is 36.4 Å². The van der Waals surface area contributed by atoms with Gasteiger partial charge in [-0.15, -0.1) is 0 Å². The molecule has 4 aliphatic rings. The number of ether oxygens (including phenoxy) is 10. The number of carbonyl (C=O) groups excluding carboxylic acids is 8. The van der Waals surface area contributed by atoms with E-state index in [0.717, 1.165) is 44.9 Å². The second-order valence-electron chi connectivity index (χ2n) is 19.8. The van der Waals surface area contributed by atoms with E-state index in [1.54, 1.807) is 30.3 Å². The summed E-state index contributed by atoms with van der Waals surface area (Å²) in [4.78, 5) is 108. The number of phenolic OH excluding ortho intramolecular Hbond substituents is 3. The van der Waals surface area contributed by atoms with Crippen LogP contribution in [0, 0.1) is 6.92 Å². The highest BCUT2D eigenvalue weighted by Crippen LogP contribution is 2.57. The molecule has 0 saturated carbocycles. The number of esters is 4. The van der Waals surface area contributed by atoms with Crippen molar-refractivity contribution in [2.75, 3.05) is 21.3 Å². The van der Waals surface area contributed by atoms with Crippen LogP contribution < -0.4 is 10.1 Å². The molecule has 2 amide bonds. The molecule has 13 atom stereocenters. The number of methoxy groups -OCH3 is 2. The number of fused-ring (bicyclic) bond motifs is 5. The van der Waals surface area contributed by atoms with E-state index >= 15 is 0 Å². The molecule has 6 N–H and O–H groups in total. The van der Waals surface area contributed by atoms with E-state index in [1.165, 1.54) is 54.0 Å². The van der Waals surface area contributed by atoms with Crippen LogP contribution in [-0.4, -0.2) is 167 Å². The summed E-state index contributed by atoms with van der Waals surface area (Å²) in [7, 11) is 3.66. The lowest BCUT2D eigenvalue weighted by Crippen LogP contribution is -2.67. The van der Waals surface area contributed by atoms with Crippen molar-refractivity contribution < 1.29 is 111 Å². The van der Waals surface area contributed by atoms with Crippen LogP contribution >= 0.6 is 0 Å². The maximum Gasteiger partial charge on any atom is 0.410 e. The van der Waals surface area contributed by atoms with Gasteiger partial charge in [0.25, 0.3) is 5.91 Å². The van der Waals surface area contributed by atoms with Gasteiger partial charge < -0.3 is 83.1 Å². The van der Waals surface area contributed by atoms with E-state index in [9.17, 15) is 63.9 Å². The van der Waals surface area contributed by atoms with Gasteiger partial charge in [0.1, 0.15) is 60.1 Å². The number of aliphatic hydroxyl groups excluding tert-OH is 2. The van der Waals surface area contributed by atoms with E-state index < -0.39 is 178 Å². The maximum atomic E-state index is 14.4. The Morgan fingerprint density at radius 3 is 1.93 bits per heavy atom. The van der Waals surface area contributed by atoms with Gasteiger partial charge in [0, 0.05) is 56.1 Å². The van der Waals surface area contributed by atoms with Crippen LogP contribution in [-0.2, 0) is 68.4 Å². The number of nitrogens with zero attached hydrogens (tertiary/aromatic N) is 1. The molecule has 4 aromatic rings. The largest absolute Gasteiger partial charge is 0.507 e. The summed E-state index contributed by atoms with van der Waals surface area (Å²) in [5.74, 6) is -8.95. The topological polar surface area (TPSA) is 345 Å². The summed E-state index contributed by atoms with van der Waals surface area (Å²) in [6.45, 7) is 8.57. The second kappa shape index (κ2) is 23.5. The minimum atomic E-state index is -2.10. The number of amides is 2. The molecule has 2 fully saturated rings. The summed E-state index contributed by atoms with van der Waals surface area (Å²) in [6.07, 6.45) is -19.6. The third-order valence-corrected chi connectivity index (χ3v) is 14.3. The fourth-order valence-electron chi connectivity index (χ4n) is 10.7. The van der Waals surface area contributed by atoms with Gasteiger partial charge >= 0.3 is 30.0 Å². The molecule has 0 bridgehead atoms. The number of likely N-dealkylation sites (N-methyl/N-ethyl adjacent to an activating group) is 1. The Kier molecular flexibility index (Phi) is 17.1. The van der Waals surface area contributed by atoms with Crippen LogP contribution in [0.5, 0.6) is 23.0 Å². The van der Waals surface area contributed by atoms with Gasteiger partial charge in [-0.3, -0.25) is 28.8 Å². The predicted octanol–water partition coefficient (Wildman–Crippen LogP) is 3.63. The first-order chi connectivity index (χ1) is 38.3. The van der Waals surface area contributed by atoms with Crippen molar-refractivity contribution in [1.29, 1.82) is 0 Å². The SMILES string of the molecule is COC(=O)[C@@H](C)NC(=O)c1c(C)cc2c(c1O)-c1c(cc3c(c1O)C(=O)c1cc(OC)cc(O)c1C3=O)[C@H](O)[C@H]2O[C@@H]1O[C@H](C)[C@H](N(C)C(=O)OCc2ccccc2)[C@H](O[C@@H]2O[C@H](C)[C@@H](OC(C)=O)[C@H](OC(C)=O)[C@H]2OC(C)=O)[C@H]1O. The number of benzene rings is 4. The lowest BCUT2D eigenvalue weighted by Gasteiger charge is -2.50. The van der Waals surface area contributed by atoms with Crippen LogP contribution in [0.25, 0.3) is 11.1 Å². The van der Waals surface area contributed by atoms with Crippen molar-refractivity contribution in [3.05, 3.63) is 105 Å². The maximum absolute atomic E-state index is 14.4. The number of carbonyl (C=O) groups is 8. The van der Waals surface area contributed by atoms with Crippen LogP contribution in [0.4, 0.5) is 4.79 Å². The molecular weight excluding hydrogens is 1070 g/mol. The van der Waals surface area contributed by atoms with Crippen LogP contribution in [0.2, 0.25) is 0 Å². The Labute approximate surface area is 462 Å². The molecule has 0 aromatic heterocycles. The number of hydrogen-bond acceptors (Lipinski definition) is 23. The van der Waals surface area contributed by atoms with Crippen LogP contribution in [0.15, 0.2) is 54.6 Å². The number of aromatic hydroxyl groups is 3. The van der Waals surface area contributed by atoms with E-state index in [1.807, 2.05) is 0 Å². The first-order valence-corrected chi connectivity index (χ1v) is 25.4. The molecule has 2 saturated heterocycles. The van der Waals surface area contributed by atoms with Crippen molar-refractivity contribution in [2.45, 2.75) is 135 Å². The van der Waals surface area contributed by atoms with Gasteiger partial charge in [0.05, 0.1) is 49.2 Å². The van der Waals surface area contributed by atoms with E-state index in [0.29, 0.717) is 5.56 Å². The minimum absolute atomic E-state index is 0.00451. The molecule has 81 heavy (non-hydrogen) atoms. The van der Waals surface area contributed by atoms with E-state index in [-0.39, 0.29) is 34.6 Å². The Bertz CT molecular complexity index is 3200. The highest BCUT2D eigenvalue weighted by Gasteiger charge is 2.56. The Morgan fingerprint density at radius 1 is 0.704 bits per heavy atom. The third-order valence-electron chi connectivity index (χ3n) is 14.3. The van der Waals surface area contributed by atoms with Crippen molar-refractivity contribution in [3.63, 3.8) is 0 Å². The van der Waals surface area contributed by atoms with Crippen molar-refractivity contribution in [3.8, 4) is 34.1 Å². The van der Waals surface area contributed by atoms with E-state index in [2.05, 4.69) is 5.32 Å². The summed E-state index contributed by atoms with van der Waals surface area (Å²) in [5, 5.41) is 63.6. The molecule has 2 aliphatic heterocycles. The number of nitrogens with one attached hydrogen (secondary N) is 1. The standard InChI is InChI=1S/C56H60N2O23/c1-21-16-33-38(44(66)35(21)52(69)57-22(2)53(70)73-10)37-31(19-32-39(45(37)67)42(64)30-17-29(72-9)18-34(62)36(30)41(32)63)43(65)48(33)80-54-46(68)49(40(23(3)75-54)58(8)56(71)74-20-28-14-12-11-13-15-28)81-55-51(79-27(7)61)50(78-26(6)60)47(24(4)76-55)77-25(5)59/h11-19,22-24,40,43,46-51,54-55,62,65-68H,20H2,1-10H3,(H,57,69)/t22-,23-,24-,40+,43+,46-,47-,48+,49+,50+,51-,54+,55+/m1/s1. The molecule has 2 aliphatic carbocycles. The van der Waals surface area contributed by atoms with Crippen molar-refractivity contribution in [2.24, 2.45) is 0 Å². The Morgan fingerprint density at radius 2 is 1.30 bits per heavy atom. The van der Waals surface area contributed by atoms with Gasteiger partial charge in [0.15, 0.2) is 42.5 Å². The Balaban J connectivity index is 1.25. The Hall–Kier alpha value is -8.20. The number of aliphatic hydroxyl groups is 2. The quantitative estimate of drug-likeness (QED) is 0.0683. The summed E-state index contributed by atoms with van der Waals surface area (Å²) in [6, 6.07) is 10.6. The number of phenols is 3. The highest BCUT2D eigenvalue weighted by atomic mass is 16.7. The monoisotopic (exact) mass is 1130 g/mol. The summed E-state index contributed by atoms with van der Waals surface area (Å²) < 4.78 is 58.0. The highest BCUT2D eigenvalue weighted by molar-refractivity contribution is 6.31. The number of ketones is 2. The number of aryl methyl sites for hydroxylation is 1. The zero-order valence-corrected chi connectivity index (χ0v) is 45.4. The average Bonchev–Trinajstić information content (AvgIpc) is 3.45. The first-order valence-electron chi connectivity index (χ1n) is 25.4. The minimum Gasteiger partial charge on any atom is -0.507 e. The zero-order chi connectivity index (χ0) is 59.2. The lowest BCUT2D eigenvalue weighted by atomic mass is 9.74. The second-order valence-corrected chi connectivity index (χ2v) is 19.8. The van der Waals surface area contributed by atoms with Gasteiger partial charge in [0.2, 0.25) is 0 Å². The molecular formula is C56H60N2O23. The normalized spacial score (nSPS) is 25.8. The molecule has 8 rings (SSSR count). The fourth-order valence-corrected chi connectivity index (χ4v) is 10.7. The smallest absolute Gasteiger partial charge is 0.410 e. The summed E-state index contributed by atoms with van der Waals surface area (Å²) in [5.41, 5.74) is -3.24. The molecule has 25 nitrogen and oxygen atoms in total. The summed E-state index contributed by atoms with van der Waals surface area (Å²) >= 11 is 0. The van der Waals surface area contributed by atoms with Crippen molar-refractivity contribution >= 4 is 47.4 Å². The van der Waals surface area contributed by atoms with Gasteiger partial charge in [-0.05, 0) is 62.1 Å². The number of hydrogen-bond donors (Lipinski definition) is 6. The van der Waals surface area contributed by atoms with Crippen molar-refractivity contribution in [1.82, 2.24) is 10.2 Å². The van der Waals surface area contributed by atoms with E-state index in [4.69, 9.17) is 47.4 Å². The molecule has 432 valence electrons. The van der Waals surface area contributed by atoms with Gasteiger partial charge in [-0.25, -0.2) is 9.59 Å². The predicted molar refractivity (Wildman–Crippen MR) is 274 cm³/mol. The fraction of sp³-hybridized carbons (Fsp3) is 0.429. The van der Waals surface area contributed by atoms with Crippen LogP contribution in [0.3, 0.4) is 0 Å². The first kappa shape index (κ1) is 58.9. The molecule has 25 heteroatoms. The van der Waals surface area contributed by atoms with Gasteiger partial charge in [-0.2, -0.15) is 0 Å². The third kappa shape index (κ3) is 11.2. The molecule has 0 unspecified atom stereocenters. The molecule has 2 heterocycles. The molecule has 0 radical (unpaired) electrons.